The zero-order valence-corrected chi connectivity index (χ0v) is 16.9. The largest absolute Gasteiger partial charge is 0.452 e. The third-order valence-electron chi connectivity index (χ3n) is 6.21. The van der Waals surface area contributed by atoms with Gasteiger partial charge in [-0.25, -0.2) is 14.4 Å². The molecule has 0 aliphatic carbocycles. The standard InChI is InChI=1S/C24H25FN4O/c25-20-6-7-21(19(13-20)12-18-4-2-1-3-5-18)30-22-14-27-17-28-23(22)29-11-9-24(16-29)8-10-26-15-24/h1-7,13-14,17,26H,8-12,15-16H2. The van der Waals surface area contributed by atoms with E-state index in [2.05, 4.69) is 20.2 Å². The van der Waals surface area contributed by atoms with Crippen LogP contribution in [0.5, 0.6) is 11.5 Å². The van der Waals surface area contributed by atoms with E-state index in [1.807, 2.05) is 30.3 Å². The van der Waals surface area contributed by atoms with Gasteiger partial charge in [0.1, 0.15) is 17.9 Å². The highest BCUT2D eigenvalue weighted by Crippen LogP contribution is 2.41. The van der Waals surface area contributed by atoms with Crippen molar-refractivity contribution in [3.8, 4) is 11.5 Å². The first kappa shape index (κ1) is 19.0. The molecule has 6 heteroatoms. The van der Waals surface area contributed by atoms with Crippen LogP contribution in [-0.2, 0) is 6.42 Å². The fourth-order valence-electron chi connectivity index (χ4n) is 4.60. The average molecular weight is 404 g/mol. The number of nitrogens with one attached hydrogen (secondary N) is 1. The maximum absolute atomic E-state index is 14.0. The van der Waals surface area contributed by atoms with Crippen molar-refractivity contribution in [2.24, 2.45) is 5.41 Å². The Morgan fingerprint density at radius 2 is 2.00 bits per heavy atom. The van der Waals surface area contributed by atoms with Gasteiger partial charge in [-0.1, -0.05) is 30.3 Å². The molecule has 5 nitrogen and oxygen atoms in total. The van der Waals surface area contributed by atoms with Crippen molar-refractivity contribution < 1.29 is 9.13 Å². The lowest BCUT2D eigenvalue weighted by Crippen LogP contribution is -2.29. The predicted molar refractivity (Wildman–Crippen MR) is 115 cm³/mol. The van der Waals surface area contributed by atoms with Gasteiger partial charge in [0.25, 0.3) is 0 Å². The maximum Gasteiger partial charge on any atom is 0.188 e. The van der Waals surface area contributed by atoms with Crippen molar-refractivity contribution in [1.82, 2.24) is 15.3 Å². The third kappa shape index (κ3) is 3.87. The van der Waals surface area contributed by atoms with Gasteiger partial charge in [0.15, 0.2) is 11.6 Å². The Morgan fingerprint density at radius 1 is 1.10 bits per heavy atom. The molecule has 1 spiro atoms. The minimum Gasteiger partial charge on any atom is -0.452 e. The average Bonchev–Trinajstić information content (AvgIpc) is 3.41. The first-order chi connectivity index (χ1) is 14.7. The summed E-state index contributed by atoms with van der Waals surface area (Å²) < 4.78 is 20.3. The van der Waals surface area contributed by atoms with Crippen LogP contribution in [-0.4, -0.2) is 36.1 Å². The van der Waals surface area contributed by atoms with Crippen molar-refractivity contribution in [2.75, 3.05) is 31.1 Å². The lowest BCUT2D eigenvalue weighted by atomic mass is 9.87. The summed E-state index contributed by atoms with van der Waals surface area (Å²) in [5.74, 6) is 1.78. The van der Waals surface area contributed by atoms with Gasteiger partial charge in [0, 0.05) is 37.0 Å². The maximum atomic E-state index is 14.0. The van der Waals surface area contributed by atoms with E-state index >= 15 is 0 Å². The van der Waals surface area contributed by atoms with Crippen LogP contribution in [0.3, 0.4) is 0 Å². The smallest absolute Gasteiger partial charge is 0.188 e. The molecule has 1 atom stereocenters. The quantitative estimate of drug-likeness (QED) is 0.691. The molecule has 2 fully saturated rings. The molecule has 2 saturated heterocycles. The van der Waals surface area contributed by atoms with Gasteiger partial charge >= 0.3 is 0 Å². The molecule has 5 rings (SSSR count). The molecule has 154 valence electrons. The number of nitrogens with zero attached hydrogens (tertiary/aromatic N) is 3. The minimum atomic E-state index is -0.270. The molecule has 0 radical (unpaired) electrons. The molecular formula is C24H25FN4O. The number of aromatic nitrogens is 2. The Labute approximate surface area is 175 Å². The van der Waals surface area contributed by atoms with E-state index in [0.29, 0.717) is 23.3 Å². The fraction of sp³-hybridized carbons (Fsp3) is 0.333. The van der Waals surface area contributed by atoms with E-state index in [9.17, 15) is 4.39 Å². The van der Waals surface area contributed by atoms with E-state index < -0.39 is 0 Å². The van der Waals surface area contributed by atoms with E-state index in [4.69, 9.17) is 4.74 Å². The van der Waals surface area contributed by atoms with Crippen molar-refractivity contribution >= 4 is 5.82 Å². The topological polar surface area (TPSA) is 50.3 Å². The number of hydrogen-bond acceptors (Lipinski definition) is 5. The van der Waals surface area contributed by atoms with Crippen LogP contribution in [0, 0.1) is 11.2 Å². The molecule has 2 aromatic carbocycles. The fourth-order valence-corrected chi connectivity index (χ4v) is 4.60. The highest BCUT2D eigenvalue weighted by Gasteiger charge is 2.41. The molecule has 3 heterocycles. The molecule has 1 N–H and O–H groups in total. The zero-order chi connectivity index (χ0) is 20.4. The van der Waals surface area contributed by atoms with Crippen LogP contribution in [0.25, 0.3) is 0 Å². The van der Waals surface area contributed by atoms with Gasteiger partial charge in [-0.2, -0.15) is 0 Å². The van der Waals surface area contributed by atoms with Crippen molar-refractivity contribution in [2.45, 2.75) is 19.3 Å². The van der Waals surface area contributed by atoms with Gasteiger partial charge in [-0.05, 0) is 43.1 Å². The van der Waals surface area contributed by atoms with Crippen LogP contribution in [0.2, 0.25) is 0 Å². The number of anilines is 1. The van der Waals surface area contributed by atoms with Gasteiger partial charge < -0.3 is 15.0 Å². The lowest BCUT2D eigenvalue weighted by Gasteiger charge is -2.24. The van der Waals surface area contributed by atoms with Gasteiger partial charge in [-0.3, -0.25) is 0 Å². The number of benzene rings is 2. The summed E-state index contributed by atoms with van der Waals surface area (Å²) in [5.41, 5.74) is 2.23. The van der Waals surface area contributed by atoms with Crippen LogP contribution < -0.4 is 15.0 Å². The number of rotatable bonds is 5. The van der Waals surface area contributed by atoms with E-state index in [0.717, 1.165) is 49.5 Å². The first-order valence-corrected chi connectivity index (χ1v) is 10.5. The number of hydrogen-bond donors (Lipinski definition) is 1. The molecule has 0 amide bonds. The molecule has 0 saturated carbocycles. The van der Waals surface area contributed by atoms with Gasteiger partial charge in [0.05, 0.1) is 6.20 Å². The summed E-state index contributed by atoms with van der Waals surface area (Å²) in [6, 6.07) is 14.7. The second kappa shape index (κ2) is 8.03. The Bertz CT molecular complexity index is 1020. The second-order valence-corrected chi connectivity index (χ2v) is 8.33. The van der Waals surface area contributed by atoms with Crippen LogP contribution in [0.1, 0.15) is 24.0 Å². The molecule has 3 aromatic rings. The lowest BCUT2D eigenvalue weighted by molar-refractivity contribution is 0.368. The zero-order valence-electron chi connectivity index (χ0n) is 16.9. The molecule has 0 bridgehead atoms. The molecule has 30 heavy (non-hydrogen) atoms. The summed E-state index contributed by atoms with van der Waals surface area (Å²) in [6.45, 7) is 4.06. The van der Waals surface area contributed by atoms with Crippen LogP contribution in [0.15, 0.2) is 61.1 Å². The predicted octanol–water partition coefficient (Wildman–Crippen LogP) is 4.19. The normalized spacial score (nSPS) is 20.8. The summed E-state index contributed by atoms with van der Waals surface area (Å²) in [4.78, 5) is 11.0. The first-order valence-electron chi connectivity index (χ1n) is 10.5. The highest BCUT2D eigenvalue weighted by molar-refractivity contribution is 5.54. The molecular weight excluding hydrogens is 379 g/mol. The Hall–Kier alpha value is -2.99. The molecule has 1 unspecified atom stereocenters. The van der Waals surface area contributed by atoms with Gasteiger partial charge in [-0.15, -0.1) is 0 Å². The number of ether oxygens (including phenoxy) is 1. The minimum absolute atomic E-state index is 0.270. The van der Waals surface area contributed by atoms with Crippen LogP contribution in [0.4, 0.5) is 10.2 Å². The highest BCUT2D eigenvalue weighted by atomic mass is 19.1. The Kier molecular flexibility index (Phi) is 5.09. The Balaban J connectivity index is 1.42. The SMILES string of the molecule is Fc1ccc(Oc2cncnc2N2CCC3(CCNC3)C2)c(Cc2ccccc2)c1. The van der Waals surface area contributed by atoms with Crippen LogP contribution >= 0.6 is 0 Å². The molecule has 2 aliphatic rings. The van der Waals surface area contributed by atoms with Crippen molar-refractivity contribution in [1.29, 1.82) is 0 Å². The summed E-state index contributed by atoms with van der Waals surface area (Å²) in [7, 11) is 0. The Morgan fingerprint density at radius 3 is 2.83 bits per heavy atom. The van der Waals surface area contributed by atoms with Crippen molar-refractivity contribution in [3.63, 3.8) is 0 Å². The molecule has 1 aromatic heterocycles. The summed E-state index contributed by atoms with van der Waals surface area (Å²) in [6.07, 6.45) is 6.21. The summed E-state index contributed by atoms with van der Waals surface area (Å²) in [5, 5.41) is 3.49. The molecule has 2 aliphatic heterocycles. The number of halogens is 1. The summed E-state index contributed by atoms with van der Waals surface area (Å²) >= 11 is 0. The monoisotopic (exact) mass is 404 g/mol. The van der Waals surface area contributed by atoms with Gasteiger partial charge in [0.2, 0.25) is 0 Å². The van der Waals surface area contributed by atoms with E-state index in [1.165, 1.54) is 12.5 Å². The van der Waals surface area contributed by atoms with E-state index in [1.54, 1.807) is 24.7 Å². The van der Waals surface area contributed by atoms with E-state index in [-0.39, 0.29) is 5.82 Å². The third-order valence-corrected chi connectivity index (χ3v) is 6.21. The van der Waals surface area contributed by atoms with Crippen molar-refractivity contribution in [3.05, 3.63) is 78.0 Å². The second-order valence-electron chi connectivity index (χ2n) is 8.33.